The number of hydrogen-bond acceptors (Lipinski definition) is 7. The van der Waals surface area contributed by atoms with Gasteiger partial charge in [-0.15, -0.1) is 0 Å². The number of amides is 1. The zero-order chi connectivity index (χ0) is 53.6. The van der Waals surface area contributed by atoms with Gasteiger partial charge in [-0.1, -0.05) is 270 Å². The summed E-state index contributed by atoms with van der Waals surface area (Å²) in [6.45, 7) is 6.87. The highest BCUT2D eigenvalue weighted by Crippen LogP contribution is 2.38. The van der Waals surface area contributed by atoms with Gasteiger partial charge in [0, 0.05) is 12.8 Å². The molecular weight excluding hydrogens is 928 g/mol. The Morgan fingerprint density at radius 3 is 1.16 bits per heavy atom. The summed E-state index contributed by atoms with van der Waals surface area (Å²) in [5.41, 5.74) is 0. The zero-order valence-electron chi connectivity index (χ0n) is 49.4. The minimum absolute atomic E-state index is 0.0184. The number of nitrogens with one attached hydrogen (secondary N) is 1. The molecule has 0 aliphatic carbocycles. The normalized spacial score (nSPS) is 13.8. The maximum atomic E-state index is 13.5. The van der Waals surface area contributed by atoms with Crippen LogP contribution >= 0.6 is 7.82 Å². The first-order valence-electron chi connectivity index (χ1n) is 31.6. The minimum Gasteiger partial charge on any atom is -0.756 e. The SMILES string of the molecule is CCCCCCCC/C=C/CCCCCCCCCCCCCCCC(=O)OC(/C=C\CCCCCCCCCCCCC)C(COP(=O)([O-])OCC[N+](C)(C)C)NC(=O)CCCCCCCCCCCCC. The number of nitrogens with zero attached hydrogens (tertiary/aromatic N) is 1. The Morgan fingerprint density at radius 1 is 0.466 bits per heavy atom. The van der Waals surface area contributed by atoms with Crippen molar-refractivity contribution in [1.29, 1.82) is 0 Å². The Bertz CT molecular complexity index is 1300. The molecule has 0 saturated heterocycles. The number of phosphoric acid groups is 1. The van der Waals surface area contributed by atoms with Crippen LogP contribution in [0.15, 0.2) is 24.3 Å². The second-order valence-electron chi connectivity index (χ2n) is 22.9. The minimum atomic E-state index is -4.69. The summed E-state index contributed by atoms with van der Waals surface area (Å²) in [6, 6.07) is -0.881. The van der Waals surface area contributed by atoms with Gasteiger partial charge < -0.3 is 28.5 Å². The molecule has 73 heavy (non-hydrogen) atoms. The van der Waals surface area contributed by atoms with E-state index in [4.69, 9.17) is 13.8 Å². The number of carbonyl (C=O) groups excluding carboxylic acids is 2. The first kappa shape index (κ1) is 71.5. The van der Waals surface area contributed by atoms with Crippen LogP contribution in [0.25, 0.3) is 0 Å². The van der Waals surface area contributed by atoms with E-state index < -0.39 is 20.0 Å². The number of quaternary nitrogens is 1. The Hall–Kier alpha value is -1.51. The Labute approximate surface area is 454 Å². The third-order valence-electron chi connectivity index (χ3n) is 14.4. The van der Waals surface area contributed by atoms with Crippen LogP contribution in [0.2, 0.25) is 0 Å². The van der Waals surface area contributed by atoms with Crippen LogP contribution in [-0.4, -0.2) is 69.4 Å². The smallest absolute Gasteiger partial charge is 0.306 e. The van der Waals surface area contributed by atoms with Crippen LogP contribution in [0.3, 0.4) is 0 Å². The monoisotopic (exact) mass is 1050 g/mol. The first-order chi connectivity index (χ1) is 35.4. The Morgan fingerprint density at radius 2 is 0.795 bits per heavy atom. The number of ether oxygens (including phenoxy) is 1. The quantitative estimate of drug-likeness (QED) is 0.0212. The molecule has 0 radical (unpaired) electrons. The van der Waals surface area contributed by atoms with E-state index in [9.17, 15) is 19.0 Å². The fraction of sp³-hybridized carbons (Fsp3) is 0.905. The highest BCUT2D eigenvalue weighted by molar-refractivity contribution is 7.45. The summed E-state index contributed by atoms with van der Waals surface area (Å²) >= 11 is 0. The molecule has 0 aromatic heterocycles. The number of allylic oxidation sites excluding steroid dienone is 3. The molecule has 3 atom stereocenters. The lowest BCUT2D eigenvalue weighted by atomic mass is 10.0. The zero-order valence-corrected chi connectivity index (χ0v) is 50.3. The molecule has 1 N–H and O–H groups in total. The molecule has 0 aliphatic heterocycles. The highest BCUT2D eigenvalue weighted by Gasteiger charge is 2.27. The van der Waals surface area contributed by atoms with Crippen LogP contribution in [0.5, 0.6) is 0 Å². The third-order valence-corrected chi connectivity index (χ3v) is 15.3. The van der Waals surface area contributed by atoms with Gasteiger partial charge in [0.15, 0.2) is 0 Å². The Kier molecular flexibility index (Phi) is 52.8. The van der Waals surface area contributed by atoms with Gasteiger partial charge in [-0.05, 0) is 57.4 Å². The molecule has 3 unspecified atom stereocenters. The van der Waals surface area contributed by atoms with Crippen LogP contribution in [0.4, 0.5) is 0 Å². The van der Waals surface area contributed by atoms with Crippen molar-refractivity contribution in [3.8, 4) is 0 Å². The lowest BCUT2D eigenvalue weighted by molar-refractivity contribution is -0.870. The van der Waals surface area contributed by atoms with E-state index in [0.717, 1.165) is 57.8 Å². The molecule has 0 bridgehead atoms. The number of hydrogen-bond donors (Lipinski definition) is 1. The van der Waals surface area contributed by atoms with Gasteiger partial charge in [0.05, 0.1) is 33.8 Å². The predicted octanol–water partition coefficient (Wildman–Crippen LogP) is 18.7. The van der Waals surface area contributed by atoms with E-state index in [1.54, 1.807) is 0 Å². The molecular formula is C63H123N2O7P. The number of carbonyl (C=O) groups is 2. The summed E-state index contributed by atoms with van der Waals surface area (Å²) in [6.07, 6.45) is 62.9. The molecule has 0 heterocycles. The van der Waals surface area contributed by atoms with E-state index >= 15 is 0 Å². The summed E-state index contributed by atoms with van der Waals surface area (Å²) in [7, 11) is 1.20. The maximum absolute atomic E-state index is 13.5. The van der Waals surface area contributed by atoms with Gasteiger partial charge in [-0.3, -0.25) is 14.2 Å². The molecule has 432 valence electrons. The second kappa shape index (κ2) is 53.9. The molecule has 9 nitrogen and oxygen atoms in total. The van der Waals surface area contributed by atoms with Gasteiger partial charge in [0.1, 0.15) is 19.3 Å². The van der Waals surface area contributed by atoms with Crippen LogP contribution in [-0.2, 0) is 27.9 Å². The number of phosphoric ester groups is 1. The average Bonchev–Trinajstić information content (AvgIpc) is 3.35. The molecule has 0 aromatic carbocycles. The first-order valence-corrected chi connectivity index (χ1v) is 33.1. The number of rotatable bonds is 58. The van der Waals surface area contributed by atoms with Crippen molar-refractivity contribution >= 4 is 19.7 Å². The molecule has 0 aliphatic rings. The molecule has 0 saturated carbocycles. The predicted molar refractivity (Wildman–Crippen MR) is 312 cm³/mol. The summed E-state index contributed by atoms with van der Waals surface area (Å²) in [4.78, 5) is 39.9. The van der Waals surface area contributed by atoms with Gasteiger partial charge in [-0.2, -0.15) is 0 Å². The molecule has 0 aromatic rings. The van der Waals surface area contributed by atoms with E-state index in [2.05, 4.69) is 38.2 Å². The second-order valence-corrected chi connectivity index (χ2v) is 24.3. The van der Waals surface area contributed by atoms with E-state index in [0.29, 0.717) is 17.4 Å². The largest absolute Gasteiger partial charge is 0.756 e. The molecule has 10 heteroatoms. The van der Waals surface area contributed by atoms with Crippen molar-refractivity contribution in [2.75, 3.05) is 40.9 Å². The van der Waals surface area contributed by atoms with Gasteiger partial charge in [0.2, 0.25) is 5.91 Å². The van der Waals surface area contributed by atoms with Crippen LogP contribution in [0.1, 0.15) is 316 Å². The van der Waals surface area contributed by atoms with Crippen molar-refractivity contribution in [2.24, 2.45) is 0 Å². The fourth-order valence-electron chi connectivity index (χ4n) is 9.46. The highest BCUT2D eigenvalue weighted by atomic mass is 31.2. The average molecular weight is 1050 g/mol. The fourth-order valence-corrected chi connectivity index (χ4v) is 10.2. The van der Waals surface area contributed by atoms with Crippen molar-refractivity contribution < 1.29 is 37.3 Å². The van der Waals surface area contributed by atoms with E-state index in [1.807, 2.05) is 33.3 Å². The maximum Gasteiger partial charge on any atom is 0.306 e. The van der Waals surface area contributed by atoms with Crippen molar-refractivity contribution in [3.05, 3.63) is 24.3 Å². The topological polar surface area (TPSA) is 114 Å². The van der Waals surface area contributed by atoms with Crippen molar-refractivity contribution in [3.63, 3.8) is 0 Å². The van der Waals surface area contributed by atoms with Crippen LogP contribution < -0.4 is 10.2 Å². The molecule has 1 amide bonds. The summed E-state index contributed by atoms with van der Waals surface area (Å²) in [5.74, 6) is -0.526. The Balaban J connectivity index is 5.10. The summed E-state index contributed by atoms with van der Waals surface area (Å²) < 4.78 is 30.3. The number of likely N-dealkylation sites (N-methyl/N-ethyl adjacent to an activating group) is 1. The lowest BCUT2D eigenvalue weighted by Gasteiger charge is -2.30. The third kappa shape index (κ3) is 55.1. The van der Waals surface area contributed by atoms with Crippen LogP contribution in [0, 0.1) is 0 Å². The van der Waals surface area contributed by atoms with Gasteiger partial charge in [-0.25, -0.2) is 0 Å². The molecule has 0 spiro atoms. The van der Waals surface area contributed by atoms with E-state index in [1.165, 1.54) is 225 Å². The van der Waals surface area contributed by atoms with Crippen molar-refractivity contribution in [1.82, 2.24) is 5.32 Å². The van der Waals surface area contributed by atoms with Crippen molar-refractivity contribution in [2.45, 2.75) is 328 Å². The van der Waals surface area contributed by atoms with E-state index in [-0.39, 0.29) is 31.5 Å². The van der Waals surface area contributed by atoms with Gasteiger partial charge in [0.25, 0.3) is 7.82 Å². The standard InChI is InChI=1S/C63H123N2O7P/c1-7-10-13-16-19-22-25-27-28-29-30-31-32-33-34-35-36-38-41-44-47-50-53-56-63(67)72-61(54-51-48-45-42-40-37-26-23-20-17-14-11-8-2)60(59-71-73(68,69)70-58-57-65(4,5)6)64-62(66)55-52-49-46-43-39-24-21-18-15-12-9-3/h27-28,51,54,60-61H,7-26,29-50,52-53,55-59H2,1-6H3,(H-,64,66,68,69)/b28-27+,54-51-. The summed E-state index contributed by atoms with van der Waals surface area (Å²) in [5, 5.41) is 3.03. The molecule has 0 rings (SSSR count). The number of esters is 1. The lowest BCUT2D eigenvalue weighted by Crippen LogP contribution is -2.47. The van der Waals surface area contributed by atoms with Gasteiger partial charge >= 0.3 is 5.97 Å². The molecule has 0 fully saturated rings. The number of unbranched alkanes of at least 4 members (excludes halogenated alkanes) is 40.